The first-order valence-electron chi connectivity index (χ1n) is 8.50. The third-order valence-electron chi connectivity index (χ3n) is 4.60. The molecular formula is C19H21N3S2. The van der Waals surface area contributed by atoms with Crippen LogP contribution < -0.4 is 5.32 Å². The zero-order valence-corrected chi connectivity index (χ0v) is 15.7. The van der Waals surface area contributed by atoms with Crippen LogP contribution >= 0.6 is 23.1 Å². The molecule has 0 aliphatic heterocycles. The molecule has 5 heteroatoms. The Morgan fingerprint density at radius 3 is 2.67 bits per heavy atom. The van der Waals surface area contributed by atoms with Crippen molar-refractivity contribution in [2.45, 2.75) is 44.2 Å². The summed E-state index contributed by atoms with van der Waals surface area (Å²) in [5, 5.41) is 5.64. The van der Waals surface area contributed by atoms with Crippen LogP contribution in [0.3, 0.4) is 0 Å². The van der Waals surface area contributed by atoms with E-state index >= 15 is 0 Å². The van der Waals surface area contributed by atoms with Crippen LogP contribution in [0.4, 0.5) is 11.5 Å². The molecule has 0 amide bonds. The van der Waals surface area contributed by atoms with Crippen LogP contribution in [0.2, 0.25) is 0 Å². The number of thioether (sulfide) groups is 1. The zero-order chi connectivity index (χ0) is 16.5. The summed E-state index contributed by atoms with van der Waals surface area (Å²) in [5.74, 6) is 0.966. The number of hydrogen-bond acceptors (Lipinski definition) is 5. The Labute approximate surface area is 150 Å². The minimum atomic E-state index is 0.841. The molecule has 0 fully saturated rings. The molecule has 1 N–H and O–H groups in total. The molecule has 3 nitrogen and oxygen atoms in total. The van der Waals surface area contributed by atoms with E-state index in [1.807, 2.05) is 17.6 Å². The molecule has 0 bridgehead atoms. The van der Waals surface area contributed by atoms with Crippen LogP contribution in [0.1, 0.15) is 35.8 Å². The van der Waals surface area contributed by atoms with Crippen LogP contribution in [0.15, 0.2) is 29.4 Å². The van der Waals surface area contributed by atoms with E-state index in [9.17, 15) is 0 Å². The van der Waals surface area contributed by atoms with Crippen molar-refractivity contribution in [3.8, 4) is 0 Å². The highest BCUT2D eigenvalue weighted by Crippen LogP contribution is 2.40. The van der Waals surface area contributed by atoms with E-state index in [-0.39, 0.29) is 0 Å². The first kappa shape index (κ1) is 15.9. The lowest BCUT2D eigenvalue weighted by molar-refractivity contribution is 0.700. The first-order chi connectivity index (χ1) is 11.8. The minimum Gasteiger partial charge on any atom is -0.340 e. The van der Waals surface area contributed by atoms with Gasteiger partial charge in [-0.3, -0.25) is 0 Å². The summed E-state index contributed by atoms with van der Waals surface area (Å²) in [6, 6.07) is 8.65. The van der Waals surface area contributed by atoms with Gasteiger partial charge in [-0.2, -0.15) is 0 Å². The van der Waals surface area contributed by atoms with Gasteiger partial charge in [0, 0.05) is 10.6 Å². The van der Waals surface area contributed by atoms with Gasteiger partial charge in [-0.25, -0.2) is 9.97 Å². The fourth-order valence-electron chi connectivity index (χ4n) is 3.28. The molecule has 2 aromatic heterocycles. The maximum absolute atomic E-state index is 4.78. The highest BCUT2D eigenvalue weighted by atomic mass is 32.2. The molecule has 2 heterocycles. The van der Waals surface area contributed by atoms with Gasteiger partial charge >= 0.3 is 0 Å². The van der Waals surface area contributed by atoms with Crippen molar-refractivity contribution in [2.75, 3.05) is 11.6 Å². The number of anilines is 2. The predicted octanol–water partition coefficient (Wildman–Crippen LogP) is 5.60. The van der Waals surface area contributed by atoms with Crippen molar-refractivity contribution in [1.29, 1.82) is 0 Å². The van der Waals surface area contributed by atoms with Gasteiger partial charge in [0.25, 0.3) is 0 Å². The van der Waals surface area contributed by atoms with Gasteiger partial charge < -0.3 is 5.32 Å². The van der Waals surface area contributed by atoms with E-state index in [0.717, 1.165) is 34.3 Å². The van der Waals surface area contributed by atoms with Crippen molar-refractivity contribution in [3.63, 3.8) is 0 Å². The topological polar surface area (TPSA) is 37.8 Å². The van der Waals surface area contributed by atoms with Crippen LogP contribution in [-0.2, 0) is 19.3 Å². The van der Waals surface area contributed by atoms with Gasteiger partial charge in [0.05, 0.1) is 5.39 Å². The molecule has 0 radical (unpaired) electrons. The predicted molar refractivity (Wildman–Crippen MR) is 105 cm³/mol. The second-order valence-electron chi connectivity index (χ2n) is 6.13. The third kappa shape index (κ3) is 2.91. The molecule has 0 saturated carbocycles. The molecule has 4 rings (SSSR count). The summed E-state index contributed by atoms with van der Waals surface area (Å²) in [5.41, 5.74) is 3.92. The number of aryl methyl sites for hydroxylation is 3. The maximum Gasteiger partial charge on any atom is 0.190 e. The number of thiophene rings is 1. The molecule has 1 aliphatic carbocycles. The molecule has 0 atom stereocenters. The van der Waals surface area contributed by atoms with Crippen molar-refractivity contribution in [2.24, 2.45) is 0 Å². The lowest BCUT2D eigenvalue weighted by Gasteiger charge is -2.13. The summed E-state index contributed by atoms with van der Waals surface area (Å²) in [6.45, 7) is 2.18. The number of benzene rings is 1. The number of hydrogen-bond donors (Lipinski definition) is 1. The molecular weight excluding hydrogens is 334 g/mol. The van der Waals surface area contributed by atoms with E-state index in [1.165, 1.54) is 40.7 Å². The van der Waals surface area contributed by atoms with E-state index < -0.39 is 0 Å². The number of nitrogens with zero attached hydrogens (tertiary/aromatic N) is 2. The van der Waals surface area contributed by atoms with Crippen LogP contribution in [-0.4, -0.2) is 16.2 Å². The highest BCUT2D eigenvalue weighted by molar-refractivity contribution is 7.98. The Kier molecular flexibility index (Phi) is 4.46. The number of aromatic nitrogens is 2. The average Bonchev–Trinajstić information content (AvgIpc) is 3.00. The van der Waals surface area contributed by atoms with Crippen molar-refractivity contribution in [3.05, 3.63) is 40.3 Å². The van der Waals surface area contributed by atoms with Gasteiger partial charge in [-0.1, -0.05) is 30.8 Å². The highest BCUT2D eigenvalue weighted by Gasteiger charge is 2.21. The summed E-state index contributed by atoms with van der Waals surface area (Å²) >= 11 is 3.46. The van der Waals surface area contributed by atoms with E-state index in [1.54, 1.807) is 11.8 Å². The van der Waals surface area contributed by atoms with E-state index in [0.29, 0.717) is 0 Å². The van der Waals surface area contributed by atoms with Crippen molar-refractivity contribution < 1.29 is 0 Å². The molecule has 0 saturated heterocycles. The monoisotopic (exact) mass is 355 g/mol. The smallest absolute Gasteiger partial charge is 0.190 e. The van der Waals surface area contributed by atoms with E-state index in [4.69, 9.17) is 9.97 Å². The lowest BCUT2D eigenvalue weighted by Crippen LogP contribution is -2.02. The summed E-state index contributed by atoms with van der Waals surface area (Å²) in [7, 11) is 0. The fourth-order valence-corrected chi connectivity index (χ4v) is 4.96. The quantitative estimate of drug-likeness (QED) is 0.488. The van der Waals surface area contributed by atoms with Gasteiger partial charge in [0.2, 0.25) is 0 Å². The van der Waals surface area contributed by atoms with Crippen LogP contribution in [0.5, 0.6) is 0 Å². The largest absolute Gasteiger partial charge is 0.340 e. The molecule has 24 heavy (non-hydrogen) atoms. The van der Waals surface area contributed by atoms with E-state index in [2.05, 4.69) is 36.5 Å². The molecule has 1 aliphatic rings. The van der Waals surface area contributed by atoms with Crippen molar-refractivity contribution >= 4 is 44.8 Å². The third-order valence-corrected chi connectivity index (χ3v) is 6.34. The zero-order valence-electron chi connectivity index (χ0n) is 14.1. The van der Waals surface area contributed by atoms with Crippen LogP contribution in [0, 0.1) is 0 Å². The summed E-state index contributed by atoms with van der Waals surface area (Å²) < 4.78 is 0. The molecule has 3 aromatic rings. The Balaban J connectivity index is 1.81. The Bertz CT molecular complexity index is 868. The Hall–Kier alpha value is -1.59. The molecule has 0 unspecified atom stereocenters. The standard InChI is InChI=1S/C19H21N3S2/c1-3-12-8-10-13(11-9-12)20-17-16-14-6-4-5-7-15(14)24-18(16)22-19(21-17)23-2/h8-11H,3-7H2,1-2H3,(H,20,21,22). The fraction of sp³-hybridized carbons (Fsp3) is 0.368. The normalized spacial score (nSPS) is 13.9. The number of fused-ring (bicyclic) bond motifs is 3. The minimum absolute atomic E-state index is 0.841. The second kappa shape index (κ2) is 6.73. The van der Waals surface area contributed by atoms with Crippen LogP contribution in [0.25, 0.3) is 10.2 Å². The van der Waals surface area contributed by atoms with Crippen molar-refractivity contribution in [1.82, 2.24) is 9.97 Å². The number of rotatable bonds is 4. The Morgan fingerprint density at radius 1 is 1.12 bits per heavy atom. The van der Waals surface area contributed by atoms with Gasteiger partial charge in [0.15, 0.2) is 5.16 Å². The molecule has 124 valence electrons. The van der Waals surface area contributed by atoms with Gasteiger partial charge in [-0.15, -0.1) is 11.3 Å². The van der Waals surface area contributed by atoms with Gasteiger partial charge in [0.1, 0.15) is 10.6 Å². The maximum atomic E-state index is 4.78. The molecule has 0 spiro atoms. The average molecular weight is 356 g/mol. The molecule has 1 aromatic carbocycles. The SMILES string of the molecule is CCc1ccc(Nc2nc(SC)nc3sc4c(c23)CCCC4)cc1. The Morgan fingerprint density at radius 2 is 1.92 bits per heavy atom. The summed E-state index contributed by atoms with van der Waals surface area (Å²) in [4.78, 5) is 12.2. The first-order valence-corrected chi connectivity index (χ1v) is 10.5. The second-order valence-corrected chi connectivity index (χ2v) is 7.98. The lowest BCUT2D eigenvalue weighted by atomic mass is 9.97. The summed E-state index contributed by atoms with van der Waals surface area (Å²) in [6.07, 6.45) is 8.01. The van der Waals surface area contributed by atoms with Gasteiger partial charge in [-0.05, 0) is 61.6 Å². The number of nitrogens with one attached hydrogen (secondary N) is 1.